The van der Waals surface area contributed by atoms with Crippen LogP contribution in [-0.4, -0.2) is 122 Å². The van der Waals surface area contributed by atoms with Crippen LogP contribution in [-0.2, 0) is 23.7 Å². The first-order valence-electron chi connectivity index (χ1n) is 12.4. The maximum atomic E-state index is 11.4. The quantitative estimate of drug-likeness (QED) is 0.175. The van der Waals surface area contributed by atoms with Gasteiger partial charge in [0, 0.05) is 0 Å². The minimum Gasteiger partial charge on any atom is -0.394 e. The minimum atomic E-state index is -1.65. The van der Waals surface area contributed by atoms with E-state index in [-0.39, 0.29) is 11.2 Å². The van der Waals surface area contributed by atoms with E-state index in [0.717, 1.165) is 11.1 Å². The zero-order chi connectivity index (χ0) is 27.7. The number of aliphatic hydroxyl groups is 7. The second-order valence-electron chi connectivity index (χ2n) is 10.7. The van der Waals surface area contributed by atoms with E-state index >= 15 is 0 Å². The van der Waals surface area contributed by atoms with Crippen molar-refractivity contribution < 1.29 is 59.5 Å². The van der Waals surface area contributed by atoms with Crippen LogP contribution in [0, 0.1) is 5.41 Å². The maximum Gasteiger partial charge on any atom is 0.186 e. The second-order valence-corrected chi connectivity index (χ2v) is 10.7. The first-order valence-corrected chi connectivity index (χ1v) is 12.4. The van der Waals surface area contributed by atoms with E-state index in [0.29, 0.717) is 12.8 Å². The molecule has 2 heterocycles. The molecule has 2 fully saturated rings. The summed E-state index contributed by atoms with van der Waals surface area (Å²) in [5, 5.41) is 70.7. The molecule has 12 heteroatoms. The molecular weight excluding hydrogens is 492 g/mol. The highest BCUT2D eigenvalue weighted by Crippen LogP contribution is 2.43. The molecule has 2 saturated heterocycles. The number of ether oxygens (including phenoxy) is 4. The Kier molecular flexibility index (Phi) is 10.0. The number of rotatable bonds is 8. The first-order chi connectivity index (χ1) is 17.3. The van der Waals surface area contributed by atoms with Gasteiger partial charge in [-0.15, -0.1) is 0 Å². The molecule has 37 heavy (non-hydrogen) atoms. The van der Waals surface area contributed by atoms with Crippen LogP contribution < -0.4 is 0 Å². The van der Waals surface area contributed by atoms with E-state index < -0.39 is 80.7 Å². The Bertz CT molecular complexity index is 855. The molecule has 0 bridgehead atoms. The minimum absolute atomic E-state index is 0.0577. The number of aliphatic hydroxyl groups excluding tert-OH is 7. The molecular formula is C25H40O12. The van der Waals surface area contributed by atoms with Crippen molar-refractivity contribution in [1.82, 2.24) is 0 Å². The normalized spacial score (nSPS) is 42.8. The Morgan fingerprint density at radius 2 is 1.51 bits per heavy atom. The Morgan fingerprint density at radius 3 is 2.08 bits per heavy atom. The number of ketones is 1. The predicted octanol–water partition coefficient (Wildman–Crippen LogP) is -1.72. The van der Waals surface area contributed by atoms with Gasteiger partial charge in [0.2, 0.25) is 0 Å². The molecule has 0 aromatic carbocycles. The van der Waals surface area contributed by atoms with E-state index in [9.17, 15) is 40.5 Å². The standard InChI is InChI=1S/C25H40O12/c1-11-7-13(8-25(3,4)14(11)6-5-12(2)27)35-24-22(33)20(31)18(29)16(37-24)10-34-23-21(32)19(30)17(28)15(9-26)36-23/h5-6,13,15-24,26,28-33H,7-10H2,1-4H3. The summed E-state index contributed by atoms with van der Waals surface area (Å²) in [6.07, 6.45) is -10.7. The van der Waals surface area contributed by atoms with Gasteiger partial charge in [0.25, 0.3) is 0 Å². The lowest BCUT2D eigenvalue weighted by molar-refractivity contribution is -0.336. The second kappa shape index (κ2) is 12.3. The third-order valence-electron chi connectivity index (χ3n) is 7.21. The van der Waals surface area contributed by atoms with Gasteiger partial charge in [-0.05, 0) is 43.8 Å². The summed E-state index contributed by atoms with van der Waals surface area (Å²) in [4.78, 5) is 11.4. The SMILES string of the molecule is CC(=O)C=CC1=C(C)CC(OC2OC(COC3OC(CO)C(O)C(O)C3O)C(O)C(O)C2O)CC1(C)C. The Balaban J connectivity index is 1.66. The first kappa shape index (κ1) is 30.3. The van der Waals surface area contributed by atoms with E-state index in [2.05, 4.69) is 0 Å². The predicted molar refractivity (Wildman–Crippen MR) is 127 cm³/mol. The molecule has 3 rings (SSSR count). The highest BCUT2D eigenvalue weighted by atomic mass is 16.7. The Morgan fingerprint density at radius 1 is 0.946 bits per heavy atom. The fourth-order valence-corrected chi connectivity index (χ4v) is 5.20. The van der Waals surface area contributed by atoms with Crippen molar-refractivity contribution in [3.63, 3.8) is 0 Å². The van der Waals surface area contributed by atoms with Gasteiger partial charge in [-0.2, -0.15) is 0 Å². The smallest absolute Gasteiger partial charge is 0.186 e. The average Bonchev–Trinajstić information content (AvgIpc) is 2.82. The summed E-state index contributed by atoms with van der Waals surface area (Å²) >= 11 is 0. The molecule has 0 amide bonds. The monoisotopic (exact) mass is 532 g/mol. The zero-order valence-corrected chi connectivity index (χ0v) is 21.5. The molecule has 11 atom stereocenters. The van der Waals surface area contributed by atoms with Crippen molar-refractivity contribution in [2.24, 2.45) is 5.41 Å². The number of hydrogen-bond acceptors (Lipinski definition) is 12. The number of hydrogen-bond donors (Lipinski definition) is 7. The van der Waals surface area contributed by atoms with Crippen LogP contribution in [0.15, 0.2) is 23.3 Å². The van der Waals surface area contributed by atoms with Crippen molar-refractivity contribution in [3.8, 4) is 0 Å². The number of carbonyl (C=O) groups excluding carboxylic acids is 1. The molecule has 0 aromatic heterocycles. The van der Waals surface area contributed by atoms with E-state index in [4.69, 9.17) is 18.9 Å². The number of carbonyl (C=O) groups is 1. The molecule has 7 N–H and O–H groups in total. The molecule has 0 saturated carbocycles. The van der Waals surface area contributed by atoms with Crippen molar-refractivity contribution in [2.45, 2.75) is 108 Å². The molecule has 0 aromatic rings. The average molecular weight is 533 g/mol. The molecule has 12 nitrogen and oxygen atoms in total. The lowest BCUT2D eigenvalue weighted by atomic mass is 9.71. The van der Waals surface area contributed by atoms with Gasteiger partial charge in [0.1, 0.15) is 48.8 Å². The van der Waals surface area contributed by atoms with Crippen molar-refractivity contribution >= 4 is 5.78 Å². The van der Waals surface area contributed by atoms with Gasteiger partial charge in [0.05, 0.1) is 19.3 Å². The Hall–Kier alpha value is -1.29. The van der Waals surface area contributed by atoms with Crippen LogP contribution in [0.5, 0.6) is 0 Å². The summed E-state index contributed by atoms with van der Waals surface area (Å²) in [7, 11) is 0. The molecule has 1 aliphatic carbocycles. The van der Waals surface area contributed by atoms with Gasteiger partial charge in [-0.3, -0.25) is 4.79 Å². The summed E-state index contributed by atoms with van der Waals surface area (Å²) in [6, 6.07) is 0. The van der Waals surface area contributed by atoms with Gasteiger partial charge >= 0.3 is 0 Å². The van der Waals surface area contributed by atoms with Crippen LogP contribution >= 0.6 is 0 Å². The lowest BCUT2D eigenvalue weighted by Gasteiger charge is -2.44. The third-order valence-corrected chi connectivity index (χ3v) is 7.21. The van der Waals surface area contributed by atoms with E-state index in [1.165, 1.54) is 13.0 Å². The molecule has 2 aliphatic heterocycles. The fourth-order valence-electron chi connectivity index (χ4n) is 5.20. The van der Waals surface area contributed by atoms with Gasteiger partial charge in [0.15, 0.2) is 18.4 Å². The Labute approximate surface area is 215 Å². The summed E-state index contributed by atoms with van der Waals surface area (Å²) in [6.45, 7) is 6.38. The molecule has 0 spiro atoms. The molecule has 0 radical (unpaired) electrons. The van der Waals surface area contributed by atoms with Crippen molar-refractivity contribution in [3.05, 3.63) is 23.3 Å². The van der Waals surface area contributed by atoms with Crippen LogP contribution in [0.25, 0.3) is 0 Å². The third kappa shape index (κ3) is 6.84. The summed E-state index contributed by atoms with van der Waals surface area (Å²) in [5.41, 5.74) is 1.68. The summed E-state index contributed by atoms with van der Waals surface area (Å²) in [5.74, 6) is -0.0577. The van der Waals surface area contributed by atoms with Crippen LogP contribution in [0.3, 0.4) is 0 Å². The molecule has 212 valence electrons. The summed E-state index contributed by atoms with van der Waals surface area (Å²) < 4.78 is 22.5. The van der Waals surface area contributed by atoms with Crippen molar-refractivity contribution in [1.29, 1.82) is 0 Å². The van der Waals surface area contributed by atoms with Gasteiger partial charge in [-0.1, -0.05) is 25.5 Å². The lowest BCUT2D eigenvalue weighted by Crippen LogP contribution is -2.62. The molecule has 11 unspecified atom stereocenters. The van der Waals surface area contributed by atoms with Gasteiger partial charge < -0.3 is 54.7 Å². The van der Waals surface area contributed by atoms with Crippen LogP contribution in [0.2, 0.25) is 0 Å². The highest BCUT2D eigenvalue weighted by molar-refractivity contribution is 5.87. The van der Waals surface area contributed by atoms with E-state index in [1.54, 1.807) is 0 Å². The number of allylic oxidation sites excluding steroid dienone is 3. The highest BCUT2D eigenvalue weighted by Gasteiger charge is 2.48. The van der Waals surface area contributed by atoms with Crippen LogP contribution in [0.1, 0.15) is 40.5 Å². The van der Waals surface area contributed by atoms with Crippen molar-refractivity contribution in [2.75, 3.05) is 13.2 Å². The van der Waals surface area contributed by atoms with Gasteiger partial charge in [-0.25, -0.2) is 0 Å². The fraction of sp³-hybridized carbons (Fsp3) is 0.800. The van der Waals surface area contributed by atoms with Crippen LogP contribution in [0.4, 0.5) is 0 Å². The topological polar surface area (TPSA) is 196 Å². The maximum absolute atomic E-state index is 11.4. The largest absolute Gasteiger partial charge is 0.394 e. The zero-order valence-electron chi connectivity index (χ0n) is 21.5. The molecule has 3 aliphatic rings. The van der Waals surface area contributed by atoms with E-state index in [1.807, 2.05) is 26.8 Å².